The number of fused-ring (bicyclic) bond motifs is 1. The van der Waals surface area contributed by atoms with Gasteiger partial charge >= 0.3 is 0 Å². The van der Waals surface area contributed by atoms with Crippen molar-refractivity contribution >= 4 is 6.08 Å². The third-order valence-electron chi connectivity index (χ3n) is 2.35. The normalized spacial score (nSPS) is 12.9. The van der Waals surface area contributed by atoms with E-state index in [1.165, 1.54) is 11.6 Å². The van der Waals surface area contributed by atoms with Gasteiger partial charge in [-0.25, -0.2) is 9.79 Å². The molecule has 0 fully saturated rings. The van der Waals surface area contributed by atoms with Gasteiger partial charge < -0.3 is 4.74 Å². The van der Waals surface area contributed by atoms with Crippen molar-refractivity contribution < 1.29 is 9.53 Å². The third-order valence-corrected chi connectivity index (χ3v) is 2.35. The lowest BCUT2D eigenvalue weighted by Gasteiger charge is -2.05. The zero-order valence-electron chi connectivity index (χ0n) is 7.82. The third kappa shape index (κ3) is 1.68. The van der Waals surface area contributed by atoms with Crippen LogP contribution in [0.4, 0.5) is 0 Å². The van der Waals surface area contributed by atoms with Crippen LogP contribution in [0, 0.1) is 0 Å². The van der Waals surface area contributed by atoms with E-state index in [-0.39, 0.29) is 0 Å². The molecule has 1 aromatic carbocycles. The maximum absolute atomic E-state index is 9.91. The van der Waals surface area contributed by atoms with Gasteiger partial charge in [0.2, 0.25) is 6.08 Å². The van der Waals surface area contributed by atoms with Crippen molar-refractivity contribution in [3.63, 3.8) is 0 Å². The average Bonchev–Trinajstić information content (AvgIpc) is 2.67. The molecule has 0 N–H and O–H groups in total. The summed E-state index contributed by atoms with van der Waals surface area (Å²) < 4.78 is 5.52. The molecule has 0 spiro atoms. The Hall–Kier alpha value is -1.60. The molecule has 0 bridgehead atoms. The van der Waals surface area contributed by atoms with E-state index in [2.05, 4.69) is 11.1 Å². The van der Waals surface area contributed by atoms with Crippen molar-refractivity contribution in [3.05, 3.63) is 29.3 Å². The fraction of sp³-hybridized carbons (Fsp3) is 0.364. The van der Waals surface area contributed by atoms with Crippen LogP contribution in [0.25, 0.3) is 0 Å². The molecule has 0 saturated heterocycles. The molecule has 0 aliphatic carbocycles. The van der Waals surface area contributed by atoms with Gasteiger partial charge in [-0.15, -0.1) is 0 Å². The van der Waals surface area contributed by atoms with Crippen molar-refractivity contribution in [2.75, 3.05) is 13.2 Å². The summed E-state index contributed by atoms with van der Waals surface area (Å²) >= 11 is 0. The van der Waals surface area contributed by atoms with Crippen LogP contribution in [0.1, 0.15) is 11.1 Å². The predicted octanol–water partition coefficient (Wildman–Crippen LogP) is 1.50. The number of aliphatic imine (C=N–C) groups is 1. The maximum atomic E-state index is 9.91. The highest BCUT2D eigenvalue weighted by Gasteiger charge is 2.14. The highest BCUT2D eigenvalue weighted by Crippen LogP contribution is 2.29. The fourth-order valence-corrected chi connectivity index (χ4v) is 1.70. The standard InChI is InChI=1S/C11H11NO2/c13-8-12-6-4-9-2-1-3-10-5-7-14-11(9)10/h1-3H,4-7H2. The molecule has 0 saturated carbocycles. The Kier molecular flexibility index (Phi) is 2.61. The van der Waals surface area contributed by atoms with E-state index in [0.717, 1.165) is 30.8 Å². The number of benzene rings is 1. The number of carbonyl (C=O) groups excluding carboxylic acids is 1. The maximum Gasteiger partial charge on any atom is 0.234 e. The lowest BCUT2D eigenvalue weighted by atomic mass is 10.1. The molecule has 0 radical (unpaired) electrons. The fourth-order valence-electron chi connectivity index (χ4n) is 1.70. The number of ether oxygens (including phenoxy) is 1. The van der Waals surface area contributed by atoms with Crippen LogP contribution in [0.5, 0.6) is 5.75 Å². The highest BCUT2D eigenvalue weighted by atomic mass is 16.5. The van der Waals surface area contributed by atoms with E-state index in [1.807, 2.05) is 12.1 Å². The lowest BCUT2D eigenvalue weighted by Crippen LogP contribution is -1.94. The van der Waals surface area contributed by atoms with Crippen LogP contribution in [-0.4, -0.2) is 19.2 Å². The molecule has 1 heterocycles. The van der Waals surface area contributed by atoms with E-state index >= 15 is 0 Å². The van der Waals surface area contributed by atoms with Gasteiger partial charge in [0, 0.05) is 6.42 Å². The molecule has 1 aromatic rings. The molecule has 3 nitrogen and oxygen atoms in total. The van der Waals surface area contributed by atoms with E-state index in [0.29, 0.717) is 6.54 Å². The Labute approximate surface area is 82.4 Å². The van der Waals surface area contributed by atoms with Crippen molar-refractivity contribution in [1.82, 2.24) is 0 Å². The Balaban J connectivity index is 2.17. The van der Waals surface area contributed by atoms with Gasteiger partial charge in [-0.3, -0.25) is 0 Å². The van der Waals surface area contributed by atoms with Gasteiger partial charge in [0.05, 0.1) is 13.2 Å². The molecular formula is C11H11NO2. The second-order valence-electron chi connectivity index (χ2n) is 3.23. The van der Waals surface area contributed by atoms with E-state index < -0.39 is 0 Å². The summed E-state index contributed by atoms with van der Waals surface area (Å²) in [6, 6.07) is 6.12. The van der Waals surface area contributed by atoms with Crippen molar-refractivity contribution in [2.24, 2.45) is 4.99 Å². The summed E-state index contributed by atoms with van der Waals surface area (Å²) in [7, 11) is 0. The van der Waals surface area contributed by atoms with Gasteiger partial charge in [0.25, 0.3) is 0 Å². The molecule has 14 heavy (non-hydrogen) atoms. The minimum Gasteiger partial charge on any atom is -0.493 e. The molecule has 72 valence electrons. The Morgan fingerprint density at radius 2 is 2.43 bits per heavy atom. The first-order valence-electron chi connectivity index (χ1n) is 4.69. The van der Waals surface area contributed by atoms with Gasteiger partial charge in [-0.1, -0.05) is 18.2 Å². The quantitative estimate of drug-likeness (QED) is 0.534. The number of hydrogen-bond acceptors (Lipinski definition) is 3. The predicted molar refractivity (Wildman–Crippen MR) is 52.3 cm³/mol. The number of nitrogens with zero attached hydrogens (tertiary/aromatic N) is 1. The van der Waals surface area contributed by atoms with Crippen LogP contribution in [0.15, 0.2) is 23.2 Å². The minimum atomic E-state index is 0.489. The van der Waals surface area contributed by atoms with Gasteiger partial charge in [0.15, 0.2) is 0 Å². The number of isocyanates is 1. The first-order valence-corrected chi connectivity index (χ1v) is 4.69. The largest absolute Gasteiger partial charge is 0.493 e. The van der Waals surface area contributed by atoms with E-state index in [9.17, 15) is 4.79 Å². The number of para-hydroxylation sites is 1. The first-order chi connectivity index (χ1) is 6.92. The SMILES string of the molecule is O=C=NCCc1cccc2c1OCC2. The summed E-state index contributed by atoms with van der Waals surface area (Å²) in [6.07, 6.45) is 3.27. The van der Waals surface area contributed by atoms with Gasteiger partial charge in [-0.05, 0) is 17.5 Å². The molecule has 1 aliphatic rings. The average molecular weight is 189 g/mol. The summed E-state index contributed by atoms with van der Waals surface area (Å²) in [5.41, 5.74) is 2.40. The summed E-state index contributed by atoms with van der Waals surface area (Å²) in [6.45, 7) is 1.26. The number of hydrogen-bond donors (Lipinski definition) is 0. The van der Waals surface area contributed by atoms with Crippen molar-refractivity contribution in [3.8, 4) is 5.75 Å². The second kappa shape index (κ2) is 4.07. The molecule has 0 unspecified atom stereocenters. The summed E-state index contributed by atoms with van der Waals surface area (Å²) in [5, 5.41) is 0. The van der Waals surface area contributed by atoms with Gasteiger partial charge in [0.1, 0.15) is 5.75 Å². The molecule has 0 aromatic heterocycles. The minimum absolute atomic E-state index is 0.489. The molecule has 2 rings (SSSR count). The highest BCUT2D eigenvalue weighted by molar-refractivity contribution is 5.44. The van der Waals surface area contributed by atoms with E-state index in [4.69, 9.17) is 4.74 Å². The van der Waals surface area contributed by atoms with Crippen LogP contribution in [0.2, 0.25) is 0 Å². The molecule has 1 aliphatic heterocycles. The lowest BCUT2D eigenvalue weighted by molar-refractivity contribution is 0.353. The summed E-state index contributed by atoms with van der Waals surface area (Å²) in [4.78, 5) is 13.4. The molecule has 0 amide bonds. The van der Waals surface area contributed by atoms with Crippen LogP contribution in [0.3, 0.4) is 0 Å². The topological polar surface area (TPSA) is 38.7 Å². The molecule has 0 atom stereocenters. The van der Waals surface area contributed by atoms with E-state index in [1.54, 1.807) is 0 Å². The Bertz CT molecular complexity index is 381. The van der Waals surface area contributed by atoms with Crippen LogP contribution in [-0.2, 0) is 17.6 Å². The van der Waals surface area contributed by atoms with Gasteiger partial charge in [-0.2, -0.15) is 0 Å². The monoisotopic (exact) mass is 189 g/mol. The first kappa shape index (κ1) is 8.97. The Morgan fingerprint density at radius 3 is 3.29 bits per heavy atom. The molecule has 3 heteroatoms. The smallest absolute Gasteiger partial charge is 0.234 e. The van der Waals surface area contributed by atoms with Crippen LogP contribution < -0.4 is 4.74 Å². The zero-order chi connectivity index (χ0) is 9.80. The summed E-state index contributed by atoms with van der Waals surface area (Å²) in [5.74, 6) is 0.994. The number of rotatable bonds is 3. The van der Waals surface area contributed by atoms with Crippen molar-refractivity contribution in [1.29, 1.82) is 0 Å². The van der Waals surface area contributed by atoms with Crippen molar-refractivity contribution in [2.45, 2.75) is 12.8 Å². The Morgan fingerprint density at radius 1 is 1.50 bits per heavy atom. The van der Waals surface area contributed by atoms with Crippen LogP contribution >= 0.6 is 0 Å². The zero-order valence-corrected chi connectivity index (χ0v) is 7.82. The molecular weight excluding hydrogens is 178 g/mol. The second-order valence-corrected chi connectivity index (χ2v) is 3.23.